The first-order valence-corrected chi connectivity index (χ1v) is 4.89. The van der Waals surface area contributed by atoms with Crippen molar-refractivity contribution in [1.82, 2.24) is 10.0 Å². The molecule has 0 amide bonds. The van der Waals surface area contributed by atoms with E-state index in [9.17, 15) is 0 Å². The normalized spacial score (nSPS) is 33.0. The van der Waals surface area contributed by atoms with Gasteiger partial charge >= 0.3 is 0 Å². The summed E-state index contributed by atoms with van der Waals surface area (Å²) in [5, 5.41) is 3.22. The fraction of sp³-hybridized carbons (Fsp3) is 1.00. The van der Waals surface area contributed by atoms with Gasteiger partial charge in [0, 0.05) is 18.3 Å². The standard InChI is InChI=1S/C7H16N2S/c1-3-7-6(4-8-2)5-10-9-7/h6-9H,3-5H2,1-2H3. The summed E-state index contributed by atoms with van der Waals surface area (Å²) in [6, 6.07) is 0.734. The highest BCUT2D eigenvalue weighted by atomic mass is 32.2. The monoisotopic (exact) mass is 160 g/mol. The Hall–Kier alpha value is 0.270. The van der Waals surface area contributed by atoms with E-state index in [1.54, 1.807) is 0 Å². The molecule has 0 aromatic rings. The summed E-state index contributed by atoms with van der Waals surface area (Å²) in [4.78, 5) is 0. The lowest BCUT2D eigenvalue weighted by molar-refractivity contribution is 0.437. The highest BCUT2D eigenvalue weighted by Gasteiger charge is 2.24. The molecule has 0 aromatic heterocycles. The second-order valence-electron chi connectivity index (χ2n) is 2.76. The SMILES string of the molecule is CCC1NSCC1CNC. The van der Waals surface area contributed by atoms with Crippen molar-refractivity contribution < 1.29 is 0 Å². The average molecular weight is 160 g/mol. The van der Waals surface area contributed by atoms with E-state index >= 15 is 0 Å². The molecule has 0 aromatic carbocycles. The van der Waals surface area contributed by atoms with Crippen molar-refractivity contribution in [3.63, 3.8) is 0 Å². The predicted molar refractivity (Wildman–Crippen MR) is 47.1 cm³/mol. The molecule has 2 N–H and O–H groups in total. The molecule has 2 atom stereocenters. The first-order valence-electron chi connectivity index (χ1n) is 3.90. The van der Waals surface area contributed by atoms with Crippen LogP contribution in [0, 0.1) is 5.92 Å². The summed E-state index contributed by atoms with van der Waals surface area (Å²) < 4.78 is 3.42. The van der Waals surface area contributed by atoms with Crippen LogP contribution in [-0.4, -0.2) is 25.4 Å². The van der Waals surface area contributed by atoms with E-state index in [1.165, 1.54) is 12.2 Å². The van der Waals surface area contributed by atoms with Gasteiger partial charge in [0.15, 0.2) is 0 Å². The van der Waals surface area contributed by atoms with Crippen LogP contribution >= 0.6 is 11.9 Å². The zero-order valence-corrected chi connectivity index (χ0v) is 7.50. The quantitative estimate of drug-likeness (QED) is 0.599. The molecule has 60 valence electrons. The molecule has 2 nitrogen and oxygen atoms in total. The van der Waals surface area contributed by atoms with Gasteiger partial charge in [-0.15, -0.1) is 0 Å². The molecule has 1 aliphatic heterocycles. The highest BCUT2D eigenvalue weighted by molar-refractivity contribution is 7.97. The van der Waals surface area contributed by atoms with Gasteiger partial charge in [-0.2, -0.15) is 0 Å². The first kappa shape index (κ1) is 8.37. The Bertz CT molecular complexity index is 97.6. The molecular weight excluding hydrogens is 144 g/mol. The van der Waals surface area contributed by atoms with Crippen LogP contribution in [0.3, 0.4) is 0 Å². The molecule has 0 spiro atoms. The van der Waals surface area contributed by atoms with E-state index in [4.69, 9.17) is 0 Å². The van der Waals surface area contributed by atoms with E-state index in [0.717, 1.165) is 18.5 Å². The molecule has 3 heteroatoms. The van der Waals surface area contributed by atoms with Gasteiger partial charge in [0.25, 0.3) is 0 Å². The van der Waals surface area contributed by atoms with Gasteiger partial charge in [-0.25, -0.2) is 0 Å². The Morgan fingerprint density at radius 1 is 1.70 bits per heavy atom. The van der Waals surface area contributed by atoms with Gasteiger partial charge in [0.1, 0.15) is 0 Å². The summed E-state index contributed by atoms with van der Waals surface area (Å²) in [7, 11) is 2.02. The van der Waals surface area contributed by atoms with Gasteiger partial charge in [0.2, 0.25) is 0 Å². The van der Waals surface area contributed by atoms with E-state index in [-0.39, 0.29) is 0 Å². The summed E-state index contributed by atoms with van der Waals surface area (Å²) in [5.74, 6) is 2.10. The molecule has 2 unspecified atom stereocenters. The third kappa shape index (κ3) is 1.87. The van der Waals surface area contributed by atoms with Crippen LogP contribution in [-0.2, 0) is 0 Å². The molecule has 0 bridgehead atoms. The predicted octanol–water partition coefficient (Wildman–Crippen LogP) is 0.852. The number of hydrogen-bond donors (Lipinski definition) is 2. The maximum absolute atomic E-state index is 3.42. The van der Waals surface area contributed by atoms with Crippen LogP contribution in [0.15, 0.2) is 0 Å². The summed E-state index contributed by atoms with van der Waals surface area (Å²) in [6.07, 6.45) is 1.25. The van der Waals surface area contributed by atoms with Crippen molar-refractivity contribution in [1.29, 1.82) is 0 Å². The minimum absolute atomic E-state index is 0.734. The summed E-state index contributed by atoms with van der Waals surface area (Å²) in [6.45, 7) is 3.39. The lowest BCUT2D eigenvalue weighted by Crippen LogP contribution is -2.31. The Morgan fingerprint density at radius 3 is 3.10 bits per heavy atom. The van der Waals surface area contributed by atoms with Gasteiger partial charge < -0.3 is 5.32 Å². The Balaban J connectivity index is 2.27. The lowest BCUT2D eigenvalue weighted by Gasteiger charge is -2.15. The molecule has 0 aliphatic carbocycles. The Kier molecular flexibility index (Phi) is 3.52. The molecular formula is C7H16N2S. The minimum atomic E-state index is 0.734. The molecule has 1 rings (SSSR count). The molecule has 0 saturated carbocycles. The fourth-order valence-electron chi connectivity index (χ4n) is 1.35. The van der Waals surface area contributed by atoms with Crippen LogP contribution in [0.4, 0.5) is 0 Å². The Morgan fingerprint density at radius 2 is 2.50 bits per heavy atom. The smallest absolute Gasteiger partial charge is 0.0218 e. The van der Waals surface area contributed by atoms with Gasteiger partial charge in [-0.05, 0) is 19.4 Å². The zero-order chi connectivity index (χ0) is 7.40. The van der Waals surface area contributed by atoms with Gasteiger partial charge in [0.05, 0.1) is 0 Å². The third-order valence-corrected chi connectivity index (χ3v) is 3.07. The van der Waals surface area contributed by atoms with Crippen molar-refractivity contribution >= 4 is 11.9 Å². The maximum atomic E-state index is 3.42. The summed E-state index contributed by atoms with van der Waals surface area (Å²) in [5.41, 5.74) is 0. The fourth-order valence-corrected chi connectivity index (χ4v) is 2.59. The second-order valence-corrected chi connectivity index (χ2v) is 3.62. The molecule has 10 heavy (non-hydrogen) atoms. The van der Waals surface area contributed by atoms with E-state index in [1.807, 2.05) is 19.0 Å². The Labute approximate surface area is 67.3 Å². The average Bonchev–Trinajstić information content (AvgIpc) is 2.36. The van der Waals surface area contributed by atoms with Crippen molar-refractivity contribution in [2.45, 2.75) is 19.4 Å². The zero-order valence-electron chi connectivity index (χ0n) is 6.68. The van der Waals surface area contributed by atoms with Crippen LogP contribution in [0.1, 0.15) is 13.3 Å². The maximum Gasteiger partial charge on any atom is 0.0218 e. The van der Waals surface area contributed by atoms with Gasteiger partial charge in [-0.3, -0.25) is 4.72 Å². The molecule has 1 saturated heterocycles. The second kappa shape index (κ2) is 4.21. The minimum Gasteiger partial charge on any atom is -0.319 e. The van der Waals surface area contributed by atoms with E-state index in [2.05, 4.69) is 17.0 Å². The number of hydrogen-bond acceptors (Lipinski definition) is 3. The van der Waals surface area contributed by atoms with Crippen LogP contribution < -0.4 is 10.0 Å². The van der Waals surface area contributed by atoms with Crippen LogP contribution in [0.25, 0.3) is 0 Å². The number of rotatable bonds is 3. The highest BCUT2D eigenvalue weighted by Crippen LogP contribution is 2.21. The van der Waals surface area contributed by atoms with Crippen LogP contribution in [0.5, 0.6) is 0 Å². The van der Waals surface area contributed by atoms with E-state index < -0.39 is 0 Å². The molecule has 1 aliphatic rings. The first-order chi connectivity index (χ1) is 4.88. The van der Waals surface area contributed by atoms with Crippen molar-refractivity contribution in [2.24, 2.45) is 5.92 Å². The van der Waals surface area contributed by atoms with Crippen molar-refractivity contribution in [3.8, 4) is 0 Å². The summed E-state index contributed by atoms with van der Waals surface area (Å²) >= 11 is 1.86. The van der Waals surface area contributed by atoms with Crippen molar-refractivity contribution in [3.05, 3.63) is 0 Å². The van der Waals surface area contributed by atoms with Crippen molar-refractivity contribution in [2.75, 3.05) is 19.3 Å². The largest absolute Gasteiger partial charge is 0.319 e. The molecule has 1 heterocycles. The van der Waals surface area contributed by atoms with E-state index in [0.29, 0.717) is 0 Å². The van der Waals surface area contributed by atoms with Crippen LogP contribution in [0.2, 0.25) is 0 Å². The topological polar surface area (TPSA) is 24.1 Å². The molecule has 0 radical (unpaired) electrons. The third-order valence-electron chi connectivity index (χ3n) is 2.01. The molecule has 1 fully saturated rings. The number of nitrogens with one attached hydrogen (secondary N) is 2. The van der Waals surface area contributed by atoms with Gasteiger partial charge in [-0.1, -0.05) is 18.9 Å². The lowest BCUT2D eigenvalue weighted by atomic mass is 10.0.